The molecule has 0 spiro atoms. The van der Waals surface area contributed by atoms with Gasteiger partial charge in [-0.1, -0.05) is 6.07 Å². The van der Waals surface area contributed by atoms with Gasteiger partial charge in [-0.25, -0.2) is 18.1 Å². The molecule has 0 bridgehead atoms. The number of amides is 1. The molecule has 1 saturated heterocycles. The van der Waals surface area contributed by atoms with E-state index in [4.69, 9.17) is 0 Å². The van der Waals surface area contributed by atoms with Gasteiger partial charge in [0.05, 0.1) is 9.90 Å². The lowest BCUT2D eigenvalue weighted by Gasteiger charge is -2.15. The van der Waals surface area contributed by atoms with Crippen molar-refractivity contribution < 1.29 is 13.2 Å². The molecule has 2 heterocycles. The summed E-state index contributed by atoms with van der Waals surface area (Å²) in [7, 11) is -3.65. The van der Waals surface area contributed by atoms with Crippen LogP contribution in [0.25, 0.3) is 0 Å². The Kier molecular flexibility index (Phi) is 5.51. The third-order valence-electron chi connectivity index (χ3n) is 4.08. The number of sulfonamides is 1. The van der Waals surface area contributed by atoms with E-state index in [2.05, 4.69) is 9.71 Å². The van der Waals surface area contributed by atoms with E-state index in [1.165, 1.54) is 23.5 Å². The lowest BCUT2D eigenvalue weighted by atomic mass is 10.2. The zero-order valence-electron chi connectivity index (χ0n) is 14.1. The van der Waals surface area contributed by atoms with Gasteiger partial charge in [0.25, 0.3) is 5.91 Å². The van der Waals surface area contributed by atoms with Gasteiger partial charge in [-0.15, -0.1) is 11.3 Å². The number of likely N-dealkylation sites (tertiary alicyclic amines) is 1. The number of thiazole rings is 1. The first-order valence-corrected chi connectivity index (χ1v) is 10.6. The summed E-state index contributed by atoms with van der Waals surface area (Å²) in [4.78, 5) is 18.6. The Labute approximate surface area is 151 Å². The summed E-state index contributed by atoms with van der Waals surface area (Å²) in [5.41, 5.74) is 1.36. The minimum atomic E-state index is -3.65. The van der Waals surface area contributed by atoms with Crippen LogP contribution in [-0.2, 0) is 16.4 Å². The molecule has 1 aliphatic rings. The second-order valence-electron chi connectivity index (χ2n) is 6.06. The van der Waals surface area contributed by atoms with Gasteiger partial charge in [-0.05, 0) is 38.0 Å². The predicted octanol–water partition coefficient (Wildman–Crippen LogP) is 2.21. The van der Waals surface area contributed by atoms with Crippen LogP contribution in [0.15, 0.2) is 34.5 Å². The minimum absolute atomic E-state index is 0.104. The topological polar surface area (TPSA) is 79.4 Å². The lowest BCUT2D eigenvalue weighted by molar-refractivity contribution is 0.0792. The van der Waals surface area contributed by atoms with Crippen molar-refractivity contribution >= 4 is 27.3 Å². The van der Waals surface area contributed by atoms with Gasteiger partial charge in [0.1, 0.15) is 0 Å². The molecule has 1 aromatic heterocycles. The normalized spacial score (nSPS) is 14.8. The average Bonchev–Trinajstić information content (AvgIpc) is 3.26. The molecule has 1 aliphatic heterocycles. The van der Waals surface area contributed by atoms with Crippen molar-refractivity contribution in [3.05, 3.63) is 45.9 Å². The largest absolute Gasteiger partial charge is 0.339 e. The Hall–Kier alpha value is -1.77. The maximum atomic E-state index is 12.5. The fraction of sp³-hybridized carbons (Fsp3) is 0.412. The van der Waals surface area contributed by atoms with Gasteiger partial charge in [0, 0.05) is 42.7 Å². The second-order valence-corrected chi connectivity index (χ2v) is 8.77. The highest BCUT2D eigenvalue weighted by atomic mass is 32.2. The molecular formula is C17H21N3O3S2. The molecule has 25 heavy (non-hydrogen) atoms. The number of hydrogen-bond donors (Lipinski definition) is 1. The smallest absolute Gasteiger partial charge is 0.253 e. The maximum absolute atomic E-state index is 12.5. The second kappa shape index (κ2) is 7.63. The van der Waals surface area contributed by atoms with E-state index in [1.807, 2.05) is 12.3 Å². The Morgan fingerprint density at radius 1 is 1.32 bits per heavy atom. The van der Waals surface area contributed by atoms with Gasteiger partial charge in [-0.3, -0.25) is 4.79 Å². The van der Waals surface area contributed by atoms with Crippen LogP contribution in [-0.4, -0.2) is 43.8 Å². The number of aryl methyl sites for hydroxylation is 1. The van der Waals surface area contributed by atoms with Crippen LogP contribution >= 0.6 is 11.3 Å². The molecule has 1 fully saturated rings. The molecule has 3 rings (SSSR count). The van der Waals surface area contributed by atoms with Crippen LogP contribution in [0, 0.1) is 6.92 Å². The highest BCUT2D eigenvalue weighted by molar-refractivity contribution is 7.89. The number of carbonyl (C=O) groups is 1. The van der Waals surface area contributed by atoms with Gasteiger partial charge >= 0.3 is 0 Å². The minimum Gasteiger partial charge on any atom is -0.339 e. The summed E-state index contributed by atoms with van der Waals surface area (Å²) in [5.74, 6) is -0.104. The Bertz CT molecular complexity index is 856. The van der Waals surface area contributed by atoms with Gasteiger partial charge in [-0.2, -0.15) is 0 Å². The van der Waals surface area contributed by atoms with Crippen LogP contribution in [0.2, 0.25) is 0 Å². The Morgan fingerprint density at radius 3 is 2.76 bits per heavy atom. The van der Waals surface area contributed by atoms with Crippen molar-refractivity contribution in [2.45, 2.75) is 31.1 Å². The highest BCUT2D eigenvalue weighted by Gasteiger charge is 2.21. The van der Waals surface area contributed by atoms with Crippen molar-refractivity contribution in [3.8, 4) is 0 Å². The number of nitrogens with one attached hydrogen (secondary N) is 1. The summed E-state index contributed by atoms with van der Waals surface area (Å²) in [6, 6.07) is 6.24. The van der Waals surface area contributed by atoms with Crippen LogP contribution in [0.5, 0.6) is 0 Å². The molecule has 0 aliphatic carbocycles. The fourth-order valence-electron chi connectivity index (χ4n) is 2.79. The van der Waals surface area contributed by atoms with Crippen molar-refractivity contribution in [2.24, 2.45) is 0 Å². The van der Waals surface area contributed by atoms with Crippen molar-refractivity contribution in [1.82, 2.24) is 14.6 Å². The summed E-state index contributed by atoms with van der Waals surface area (Å²) >= 11 is 1.52. The molecular weight excluding hydrogens is 358 g/mol. The zero-order chi connectivity index (χ0) is 17.9. The molecule has 8 heteroatoms. The summed E-state index contributed by atoms with van der Waals surface area (Å²) in [5, 5.41) is 2.84. The van der Waals surface area contributed by atoms with E-state index in [1.54, 1.807) is 17.0 Å². The third-order valence-corrected chi connectivity index (χ3v) is 6.57. The van der Waals surface area contributed by atoms with E-state index >= 15 is 0 Å². The molecule has 1 amide bonds. The van der Waals surface area contributed by atoms with Gasteiger partial charge in [0.2, 0.25) is 10.0 Å². The monoisotopic (exact) mass is 379 g/mol. The first-order valence-electron chi connectivity index (χ1n) is 8.26. The Balaban J connectivity index is 1.67. The van der Waals surface area contributed by atoms with Crippen molar-refractivity contribution in [3.63, 3.8) is 0 Å². The van der Waals surface area contributed by atoms with Crippen LogP contribution < -0.4 is 4.72 Å². The van der Waals surface area contributed by atoms with Crippen LogP contribution in [0.3, 0.4) is 0 Å². The van der Waals surface area contributed by atoms with Gasteiger partial charge in [0.15, 0.2) is 0 Å². The van der Waals surface area contributed by atoms with E-state index in [0.717, 1.165) is 36.6 Å². The van der Waals surface area contributed by atoms with E-state index in [0.29, 0.717) is 12.0 Å². The van der Waals surface area contributed by atoms with Crippen LogP contribution in [0.1, 0.15) is 33.9 Å². The SMILES string of the molecule is Cc1csc(CCNS(=O)(=O)c2cccc(C(=O)N3CCCC3)c2)n1. The predicted molar refractivity (Wildman–Crippen MR) is 97.3 cm³/mol. The number of aromatic nitrogens is 1. The summed E-state index contributed by atoms with van der Waals surface area (Å²) < 4.78 is 27.5. The summed E-state index contributed by atoms with van der Waals surface area (Å²) in [6.07, 6.45) is 2.55. The molecule has 0 saturated carbocycles. The van der Waals surface area contributed by atoms with Crippen molar-refractivity contribution in [2.75, 3.05) is 19.6 Å². The molecule has 0 radical (unpaired) electrons. The molecule has 1 N–H and O–H groups in total. The van der Waals surface area contributed by atoms with Crippen molar-refractivity contribution in [1.29, 1.82) is 0 Å². The van der Waals surface area contributed by atoms with E-state index in [-0.39, 0.29) is 17.3 Å². The third kappa shape index (κ3) is 4.45. The van der Waals surface area contributed by atoms with E-state index < -0.39 is 10.0 Å². The first kappa shape index (κ1) is 18.0. The maximum Gasteiger partial charge on any atom is 0.253 e. The number of carbonyl (C=O) groups excluding carboxylic acids is 1. The summed E-state index contributed by atoms with van der Waals surface area (Å²) in [6.45, 7) is 3.66. The standard InChI is InChI=1S/C17H21N3O3S2/c1-13-12-24-16(19-13)7-8-18-25(22,23)15-6-4-5-14(11-15)17(21)20-9-2-3-10-20/h4-6,11-12,18H,2-3,7-10H2,1H3. The molecule has 2 aromatic rings. The van der Waals surface area contributed by atoms with Crippen LogP contribution in [0.4, 0.5) is 0 Å². The number of nitrogens with zero attached hydrogens (tertiary/aromatic N) is 2. The fourth-order valence-corrected chi connectivity index (χ4v) is 4.65. The molecule has 6 nitrogen and oxygen atoms in total. The average molecular weight is 380 g/mol. The Morgan fingerprint density at radius 2 is 2.08 bits per heavy atom. The molecule has 134 valence electrons. The van der Waals surface area contributed by atoms with E-state index in [9.17, 15) is 13.2 Å². The molecule has 0 atom stereocenters. The number of rotatable bonds is 6. The number of hydrogen-bond acceptors (Lipinski definition) is 5. The lowest BCUT2D eigenvalue weighted by Crippen LogP contribution is -2.29. The molecule has 1 aromatic carbocycles. The molecule has 0 unspecified atom stereocenters. The van der Waals surface area contributed by atoms with Gasteiger partial charge < -0.3 is 4.90 Å². The zero-order valence-corrected chi connectivity index (χ0v) is 15.7. The quantitative estimate of drug-likeness (QED) is 0.835. The first-order chi connectivity index (χ1) is 12.0. The number of benzene rings is 1. The highest BCUT2D eigenvalue weighted by Crippen LogP contribution is 2.17.